The van der Waals surface area contributed by atoms with Gasteiger partial charge in [-0.25, -0.2) is 0 Å². The minimum Gasteiger partial charge on any atom is -0.302 e. The first-order valence-electron chi connectivity index (χ1n) is 3.46. The van der Waals surface area contributed by atoms with Gasteiger partial charge in [0.05, 0.1) is 0 Å². The molecule has 0 aromatic heterocycles. The smallest absolute Gasteiger partial charge is 0.274 e. The molecule has 0 saturated heterocycles. The molecule has 0 aliphatic carbocycles. The van der Waals surface area contributed by atoms with Gasteiger partial charge in [-0.05, 0) is 6.42 Å². The zero-order chi connectivity index (χ0) is 12.3. The van der Waals surface area contributed by atoms with E-state index in [0.29, 0.717) is 0 Å². The number of hydrogen-bond donors (Lipinski definition) is 2. The van der Waals surface area contributed by atoms with Gasteiger partial charge < -0.3 is 9.59 Å². The average Bonchev–Trinajstić information content (AvgIpc) is 2.01. The minimum atomic E-state index is -4.78. The largest absolute Gasteiger partial charge is 0.302 e. The Balaban J connectivity index is 0. The van der Waals surface area contributed by atoms with Crippen LogP contribution in [0.25, 0.3) is 0 Å². The third-order valence-corrected chi connectivity index (χ3v) is 3.67. The molecule has 2 N–H and O–H groups in total. The van der Waals surface area contributed by atoms with Crippen LogP contribution in [0.2, 0.25) is 0 Å². The summed E-state index contributed by atoms with van der Waals surface area (Å²) in [4.78, 5) is 20.4. The Kier molecular flexibility index (Phi) is 7.22. The zero-order valence-corrected chi connectivity index (χ0v) is 10.1. The van der Waals surface area contributed by atoms with Gasteiger partial charge in [0.1, 0.15) is 23.1 Å². The third kappa shape index (κ3) is 5.66. The molecule has 98 valence electrons. The van der Waals surface area contributed by atoms with Crippen molar-refractivity contribution in [3.63, 3.8) is 0 Å². The molecule has 0 spiro atoms. The number of hydrogen-bond acceptors (Lipinski definition) is 6. The molecule has 0 aromatic carbocycles. The van der Waals surface area contributed by atoms with Gasteiger partial charge in [0, 0.05) is 16.5 Å². The topological polar surface area (TPSA) is 143 Å². The Labute approximate surface area is 102 Å². The van der Waals surface area contributed by atoms with Crippen molar-refractivity contribution in [2.24, 2.45) is 0 Å². The molecule has 2 unspecified atom stereocenters. The summed E-state index contributed by atoms with van der Waals surface area (Å²) in [5.74, 6) is 0. The molecule has 0 heterocycles. The SMILES string of the molecule is O=CC(CC(C=O)S(=O)(=O)O)S(=O)(=O)O.[Ni]. The molecule has 0 amide bonds. The van der Waals surface area contributed by atoms with Gasteiger partial charge in [0.25, 0.3) is 20.2 Å². The molecular weight excluding hydrogens is 311 g/mol. The van der Waals surface area contributed by atoms with Crippen molar-refractivity contribution in [3.8, 4) is 0 Å². The molecule has 8 nitrogen and oxygen atoms in total. The maximum absolute atomic E-state index is 10.5. The van der Waals surface area contributed by atoms with Crippen LogP contribution < -0.4 is 0 Å². The van der Waals surface area contributed by atoms with Crippen molar-refractivity contribution < 1.29 is 52.0 Å². The van der Waals surface area contributed by atoms with Crippen molar-refractivity contribution in [2.75, 3.05) is 0 Å². The Morgan fingerprint density at radius 1 is 0.875 bits per heavy atom. The summed E-state index contributed by atoms with van der Waals surface area (Å²) in [6, 6.07) is 0. The summed E-state index contributed by atoms with van der Waals surface area (Å²) in [6.45, 7) is 0. The third-order valence-electron chi connectivity index (χ3n) is 1.53. The Hall–Kier alpha value is -0.346. The number of carbonyl (C=O) groups excluding carboxylic acids is 2. The van der Waals surface area contributed by atoms with Gasteiger partial charge >= 0.3 is 0 Å². The van der Waals surface area contributed by atoms with Crippen LogP contribution in [0.4, 0.5) is 0 Å². The van der Waals surface area contributed by atoms with Crippen molar-refractivity contribution >= 4 is 32.8 Å². The molecule has 0 bridgehead atoms. The fourth-order valence-electron chi connectivity index (χ4n) is 0.724. The van der Waals surface area contributed by atoms with Crippen LogP contribution in [0.1, 0.15) is 6.42 Å². The van der Waals surface area contributed by atoms with Crippen LogP contribution in [0, 0.1) is 0 Å². The fourth-order valence-corrected chi connectivity index (χ4v) is 2.03. The monoisotopic (exact) mass is 318 g/mol. The molecule has 16 heavy (non-hydrogen) atoms. The number of aldehydes is 2. The molecular formula is C5H8NiO8S2. The average molecular weight is 319 g/mol. The quantitative estimate of drug-likeness (QED) is 0.334. The van der Waals surface area contributed by atoms with Gasteiger partial charge in [-0.15, -0.1) is 0 Å². The van der Waals surface area contributed by atoms with Crippen LogP contribution in [-0.2, 0) is 46.3 Å². The Morgan fingerprint density at radius 3 is 1.25 bits per heavy atom. The summed E-state index contributed by atoms with van der Waals surface area (Å²) in [7, 11) is -9.57. The Morgan fingerprint density at radius 2 is 1.12 bits per heavy atom. The van der Waals surface area contributed by atoms with Crippen LogP contribution in [0.3, 0.4) is 0 Å². The second-order valence-corrected chi connectivity index (χ2v) is 5.89. The Bertz CT molecular complexity index is 395. The second kappa shape index (κ2) is 6.40. The number of rotatable bonds is 6. The molecule has 2 atom stereocenters. The first kappa shape index (κ1) is 18.0. The normalized spacial score (nSPS) is 15.6. The summed E-state index contributed by atoms with van der Waals surface area (Å²) >= 11 is 0. The predicted octanol–water partition coefficient (Wildman–Crippen LogP) is -1.72. The van der Waals surface area contributed by atoms with E-state index in [9.17, 15) is 26.4 Å². The van der Waals surface area contributed by atoms with Gasteiger partial charge in [0.2, 0.25) is 0 Å². The minimum absolute atomic E-state index is 0. The van der Waals surface area contributed by atoms with E-state index in [-0.39, 0.29) is 29.1 Å². The van der Waals surface area contributed by atoms with E-state index in [1.165, 1.54) is 0 Å². The van der Waals surface area contributed by atoms with Gasteiger partial charge in [-0.2, -0.15) is 16.8 Å². The van der Waals surface area contributed by atoms with E-state index in [0.717, 1.165) is 0 Å². The van der Waals surface area contributed by atoms with Crippen LogP contribution in [-0.4, -0.2) is 49.0 Å². The maximum atomic E-state index is 10.5. The molecule has 0 radical (unpaired) electrons. The van der Waals surface area contributed by atoms with Crippen LogP contribution in [0.5, 0.6) is 0 Å². The predicted molar refractivity (Wildman–Crippen MR) is 47.4 cm³/mol. The van der Waals surface area contributed by atoms with Gasteiger partial charge in [0.15, 0.2) is 0 Å². The summed E-state index contributed by atoms with van der Waals surface area (Å²) < 4.78 is 58.8. The van der Waals surface area contributed by atoms with E-state index in [2.05, 4.69) is 0 Å². The van der Waals surface area contributed by atoms with E-state index in [4.69, 9.17) is 9.11 Å². The first-order chi connectivity index (χ1) is 6.62. The van der Waals surface area contributed by atoms with E-state index >= 15 is 0 Å². The standard InChI is InChI=1S/C5H8O8S2.Ni/c6-2-4(14(8,9)10)1-5(3-7)15(11,12)13;/h2-5H,1H2,(H,8,9,10)(H,11,12,13);. The van der Waals surface area contributed by atoms with Crippen LogP contribution in [0.15, 0.2) is 0 Å². The molecule has 0 rings (SSSR count). The zero-order valence-electron chi connectivity index (χ0n) is 7.49. The molecule has 0 fully saturated rings. The summed E-state index contributed by atoms with van der Waals surface area (Å²) in [5, 5.41) is -4.12. The van der Waals surface area contributed by atoms with E-state index < -0.39 is 37.2 Å². The summed E-state index contributed by atoms with van der Waals surface area (Å²) in [5.41, 5.74) is 0. The van der Waals surface area contributed by atoms with Crippen molar-refractivity contribution in [1.82, 2.24) is 0 Å². The molecule has 11 heteroatoms. The van der Waals surface area contributed by atoms with Gasteiger partial charge in [-0.3, -0.25) is 9.11 Å². The number of carbonyl (C=O) groups is 2. The maximum Gasteiger partial charge on any atom is 0.274 e. The van der Waals surface area contributed by atoms with Gasteiger partial charge in [-0.1, -0.05) is 0 Å². The van der Waals surface area contributed by atoms with Crippen molar-refractivity contribution in [3.05, 3.63) is 0 Å². The molecule has 0 aliphatic rings. The molecule has 0 aromatic rings. The summed E-state index contributed by atoms with van der Waals surface area (Å²) in [6.07, 6.45) is -1.47. The van der Waals surface area contributed by atoms with Crippen LogP contribution >= 0.6 is 0 Å². The second-order valence-electron chi connectivity index (χ2n) is 2.61. The van der Waals surface area contributed by atoms with E-state index in [1.807, 2.05) is 0 Å². The molecule has 0 aliphatic heterocycles. The molecule has 0 saturated carbocycles. The van der Waals surface area contributed by atoms with E-state index in [1.54, 1.807) is 0 Å². The van der Waals surface area contributed by atoms with Crippen molar-refractivity contribution in [1.29, 1.82) is 0 Å². The first-order valence-corrected chi connectivity index (χ1v) is 6.46. The van der Waals surface area contributed by atoms with Crippen molar-refractivity contribution in [2.45, 2.75) is 16.9 Å². The fraction of sp³-hybridized carbons (Fsp3) is 0.600.